The fraction of sp³-hybridized carbons (Fsp3) is 0.391. The lowest BCUT2D eigenvalue weighted by atomic mass is 10.1. The number of hydrogen-bond donors (Lipinski definition) is 3. The monoisotopic (exact) mass is 455 g/mol. The molecule has 2 aromatic rings. The highest BCUT2D eigenvalue weighted by Crippen LogP contribution is 2.07. The van der Waals surface area contributed by atoms with Crippen LogP contribution in [-0.2, 0) is 6.54 Å². The standard InChI is InChI=1S/C23H29N5O5/c1-24-21(30)19-14-18(16-28(22(19)31)15-17-6-3-2-4-7-17)20(29)25-8-5-9-26-10-12-27(13-11-26)23(32)33/h2-4,6-7,14,16H,5,8-13,15H2,1H3,(H,24,30)(H,25,29)(H,32,33). The number of amides is 3. The minimum atomic E-state index is -0.897. The van der Waals surface area contributed by atoms with Gasteiger partial charge in [-0.3, -0.25) is 19.3 Å². The first kappa shape index (κ1) is 24.0. The Kier molecular flexibility index (Phi) is 8.20. The Hall–Kier alpha value is -3.66. The maximum absolute atomic E-state index is 12.8. The van der Waals surface area contributed by atoms with Crippen LogP contribution < -0.4 is 16.2 Å². The van der Waals surface area contributed by atoms with Crippen LogP contribution in [0.4, 0.5) is 4.79 Å². The van der Waals surface area contributed by atoms with Crippen LogP contribution in [0, 0.1) is 0 Å². The molecular weight excluding hydrogens is 426 g/mol. The van der Waals surface area contributed by atoms with Crippen LogP contribution in [0.25, 0.3) is 0 Å². The summed E-state index contributed by atoms with van der Waals surface area (Å²) < 4.78 is 1.37. The van der Waals surface area contributed by atoms with Crippen molar-refractivity contribution in [3.05, 3.63) is 69.6 Å². The zero-order chi connectivity index (χ0) is 23.8. The molecule has 1 aromatic heterocycles. The molecule has 1 aromatic carbocycles. The lowest BCUT2D eigenvalue weighted by Crippen LogP contribution is -2.48. The van der Waals surface area contributed by atoms with E-state index in [0.717, 1.165) is 12.1 Å². The number of carbonyl (C=O) groups excluding carboxylic acids is 2. The maximum atomic E-state index is 12.8. The number of hydrogen-bond acceptors (Lipinski definition) is 5. The van der Waals surface area contributed by atoms with Crippen LogP contribution in [0.15, 0.2) is 47.4 Å². The summed E-state index contributed by atoms with van der Waals surface area (Å²) in [7, 11) is 1.44. The average Bonchev–Trinajstić information content (AvgIpc) is 2.83. The Morgan fingerprint density at radius 1 is 1.03 bits per heavy atom. The van der Waals surface area contributed by atoms with E-state index in [0.29, 0.717) is 39.1 Å². The SMILES string of the molecule is CNC(=O)c1cc(C(=O)NCCCN2CCN(C(=O)O)CC2)cn(Cc2ccccc2)c1=O. The lowest BCUT2D eigenvalue weighted by Gasteiger charge is -2.33. The van der Waals surface area contributed by atoms with Gasteiger partial charge in [-0.25, -0.2) is 4.79 Å². The first-order valence-corrected chi connectivity index (χ1v) is 10.9. The van der Waals surface area contributed by atoms with E-state index < -0.39 is 17.6 Å². The van der Waals surface area contributed by atoms with Gasteiger partial charge in [0, 0.05) is 46.0 Å². The van der Waals surface area contributed by atoms with Gasteiger partial charge in [0.1, 0.15) is 5.56 Å². The van der Waals surface area contributed by atoms with Crippen LogP contribution in [0.1, 0.15) is 32.7 Å². The molecule has 176 valence electrons. The van der Waals surface area contributed by atoms with E-state index in [1.165, 1.54) is 28.8 Å². The molecule has 0 atom stereocenters. The molecule has 3 amide bonds. The smallest absolute Gasteiger partial charge is 0.407 e. The van der Waals surface area contributed by atoms with Gasteiger partial charge in [-0.2, -0.15) is 0 Å². The van der Waals surface area contributed by atoms with Gasteiger partial charge in [0.15, 0.2) is 0 Å². The Morgan fingerprint density at radius 3 is 2.36 bits per heavy atom. The van der Waals surface area contributed by atoms with Crippen molar-refractivity contribution in [3.8, 4) is 0 Å². The number of nitrogens with zero attached hydrogens (tertiary/aromatic N) is 3. The molecule has 0 spiro atoms. The van der Waals surface area contributed by atoms with Crippen molar-refractivity contribution in [2.45, 2.75) is 13.0 Å². The van der Waals surface area contributed by atoms with Crippen LogP contribution in [0.2, 0.25) is 0 Å². The van der Waals surface area contributed by atoms with Gasteiger partial charge in [-0.1, -0.05) is 30.3 Å². The number of carboxylic acid groups (broad SMARTS) is 1. The second kappa shape index (κ2) is 11.3. The molecule has 33 heavy (non-hydrogen) atoms. The predicted octanol–water partition coefficient (Wildman–Crippen LogP) is 0.672. The normalized spacial score (nSPS) is 14.0. The van der Waals surface area contributed by atoms with Crippen molar-refractivity contribution in [2.24, 2.45) is 0 Å². The number of rotatable bonds is 8. The maximum Gasteiger partial charge on any atom is 0.407 e. The molecule has 3 N–H and O–H groups in total. The molecule has 0 unspecified atom stereocenters. The third-order valence-electron chi connectivity index (χ3n) is 5.60. The van der Waals surface area contributed by atoms with Gasteiger partial charge >= 0.3 is 6.09 Å². The Morgan fingerprint density at radius 2 is 1.73 bits per heavy atom. The van der Waals surface area contributed by atoms with Gasteiger partial charge < -0.3 is 25.2 Å². The van der Waals surface area contributed by atoms with E-state index in [9.17, 15) is 19.2 Å². The number of piperazine rings is 1. The lowest BCUT2D eigenvalue weighted by molar-refractivity contribution is 0.0938. The Labute approximate surface area is 191 Å². The van der Waals surface area contributed by atoms with Gasteiger partial charge in [0.2, 0.25) is 0 Å². The van der Waals surface area contributed by atoms with Gasteiger partial charge in [0.25, 0.3) is 17.4 Å². The van der Waals surface area contributed by atoms with Crippen molar-refractivity contribution < 1.29 is 19.5 Å². The van der Waals surface area contributed by atoms with Crippen LogP contribution in [0.5, 0.6) is 0 Å². The summed E-state index contributed by atoms with van der Waals surface area (Å²) in [5.41, 5.74) is 0.565. The third-order valence-corrected chi connectivity index (χ3v) is 5.60. The summed E-state index contributed by atoms with van der Waals surface area (Å²) >= 11 is 0. The van der Waals surface area contributed by atoms with Crippen molar-refractivity contribution in [1.29, 1.82) is 0 Å². The highest BCUT2D eigenvalue weighted by Gasteiger charge is 2.20. The fourth-order valence-corrected chi connectivity index (χ4v) is 3.72. The minimum Gasteiger partial charge on any atom is -0.465 e. The molecule has 0 saturated carbocycles. The largest absolute Gasteiger partial charge is 0.465 e. The Bertz CT molecular complexity index is 1040. The number of carbonyl (C=O) groups is 3. The van der Waals surface area contributed by atoms with Crippen molar-refractivity contribution >= 4 is 17.9 Å². The molecule has 3 rings (SSSR count). The van der Waals surface area contributed by atoms with Gasteiger partial charge in [-0.05, 0) is 24.6 Å². The molecule has 10 heteroatoms. The highest BCUT2D eigenvalue weighted by molar-refractivity contribution is 5.99. The van der Waals surface area contributed by atoms with Crippen molar-refractivity contribution in [1.82, 2.24) is 25.0 Å². The molecule has 10 nitrogen and oxygen atoms in total. The summed E-state index contributed by atoms with van der Waals surface area (Å²) in [4.78, 5) is 52.3. The topological polar surface area (TPSA) is 124 Å². The number of pyridine rings is 1. The summed E-state index contributed by atoms with van der Waals surface area (Å²) in [6.45, 7) is 3.70. The molecule has 1 aliphatic rings. The van der Waals surface area contributed by atoms with Crippen molar-refractivity contribution in [3.63, 3.8) is 0 Å². The second-order valence-electron chi connectivity index (χ2n) is 7.86. The molecular formula is C23H29N5O5. The minimum absolute atomic E-state index is 0.0858. The number of nitrogens with one attached hydrogen (secondary N) is 2. The van der Waals surface area contributed by atoms with Gasteiger partial charge in [0.05, 0.1) is 12.1 Å². The fourth-order valence-electron chi connectivity index (χ4n) is 3.72. The van der Waals surface area contributed by atoms with E-state index in [1.807, 2.05) is 30.3 Å². The molecule has 1 fully saturated rings. The zero-order valence-electron chi connectivity index (χ0n) is 18.6. The van der Waals surface area contributed by atoms with E-state index in [1.54, 1.807) is 0 Å². The van der Waals surface area contributed by atoms with E-state index in [4.69, 9.17) is 5.11 Å². The molecule has 1 aliphatic heterocycles. The number of benzene rings is 1. The van der Waals surface area contributed by atoms with Crippen LogP contribution in [-0.4, -0.2) is 83.7 Å². The van der Waals surface area contributed by atoms with Gasteiger partial charge in [-0.15, -0.1) is 0 Å². The van der Waals surface area contributed by atoms with Crippen molar-refractivity contribution in [2.75, 3.05) is 46.3 Å². The summed E-state index contributed by atoms with van der Waals surface area (Å²) in [5, 5.41) is 14.3. The van der Waals surface area contributed by atoms with E-state index in [2.05, 4.69) is 15.5 Å². The number of aromatic nitrogens is 1. The van der Waals surface area contributed by atoms with E-state index in [-0.39, 0.29) is 23.6 Å². The molecule has 0 radical (unpaired) electrons. The molecule has 0 bridgehead atoms. The summed E-state index contributed by atoms with van der Waals surface area (Å²) in [6, 6.07) is 10.7. The quantitative estimate of drug-likeness (QED) is 0.503. The predicted molar refractivity (Wildman–Crippen MR) is 123 cm³/mol. The first-order chi connectivity index (χ1) is 15.9. The third kappa shape index (κ3) is 6.42. The summed E-state index contributed by atoms with van der Waals surface area (Å²) in [5.74, 6) is -0.908. The van der Waals surface area contributed by atoms with Crippen LogP contribution >= 0.6 is 0 Å². The first-order valence-electron chi connectivity index (χ1n) is 10.9. The van der Waals surface area contributed by atoms with E-state index >= 15 is 0 Å². The Balaban J connectivity index is 1.62. The summed E-state index contributed by atoms with van der Waals surface area (Å²) in [6.07, 6.45) is 1.28. The highest BCUT2D eigenvalue weighted by atomic mass is 16.4. The average molecular weight is 456 g/mol. The molecule has 2 heterocycles. The second-order valence-corrected chi connectivity index (χ2v) is 7.86. The zero-order valence-corrected chi connectivity index (χ0v) is 18.6. The van der Waals surface area contributed by atoms with Crippen LogP contribution in [0.3, 0.4) is 0 Å². The molecule has 1 saturated heterocycles. The molecule has 0 aliphatic carbocycles.